The van der Waals surface area contributed by atoms with E-state index < -0.39 is 11.9 Å². The van der Waals surface area contributed by atoms with Gasteiger partial charge in [0.1, 0.15) is 11.9 Å². The van der Waals surface area contributed by atoms with Crippen LogP contribution in [0.3, 0.4) is 0 Å². The van der Waals surface area contributed by atoms with Gasteiger partial charge in [-0.1, -0.05) is 15.9 Å². The van der Waals surface area contributed by atoms with Crippen LogP contribution in [0.1, 0.15) is 22.8 Å². The first-order valence-corrected chi connectivity index (χ1v) is 5.92. The normalized spacial score (nSPS) is 12.5. The third-order valence-electron chi connectivity index (χ3n) is 2.61. The van der Waals surface area contributed by atoms with Gasteiger partial charge in [-0.15, -0.1) is 0 Å². The summed E-state index contributed by atoms with van der Waals surface area (Å²) in [7, 11) is 0. The molecule has 0 radical (unpaired) electrons. The summed E-state index contributed by atoms with van der Waals surface area (Å²) in [5.41, 5.74) is 1.75. The lowest BCUT2D eigenvalue weighted by atomic mass is 9.99. The average molecular weight is 296 g/mol. The minimum Gasteiger partial charge on any atom is -0.384 e. The van der Waals surface area contributed by atoms with Gasteiger partial charge in [-0.25, -0.2) is 4.39 Å². The number of aliphatic hydroxyl groups is 1. The van der Waals surface area contributed by atoms with Gasteiger partial charge in [0.2, 0.25) is 0 Å². The Hall–Kier alpha value is -1.26. The van der Waals surface area contributed by atoms with Crippen LogP contribution in [0, 0.1) is 12.7 Å². The first-order chi connectivity index (χ1) is 8.09. The van der Waals surface area contributed by atoms with E-state index in [1.165, 1.54) is 6.07 Å². The topological polar surface area (TPSA) is 33.1 Å². The summed E-state index contributed by atoms with van der Waals surface area (Å²) in [6.07, 6.45) is 2.26. The Morgan fingerprint density at radius 2 is 2.06 bits per heavy atom. The van der Waals surface area contributed by atoms with Gasteiger partial charge in [-0.2, -0.15) is 0 Å². The number of hydrogen-bond donors (Lipinski definition) is 1. The number of aryl methyl sites for hydroxylation is 1. The monoisotopic (exact) mass is 295 g/mol. The highest BCUT2D eigenvalue weighted by atomic mass is 79.9. The van der Waals surface area contributed by atoms with Crippen molar-refractivity contribution in [2.45, 2.75) is 13.0 Å². The summed E-state index contributed by atoms with van der Waals surface area (Å²) in [5, 5.41) is 10.2. The molecular weight excluding hydrogens is 285 g/mol. The molecule has 4 heteroatoms. The molecule has 1 heterocycles. The van der Waals surface area contributed by atoms with Crippen molar-refractivity contribution in [3.05, 3.63) is 63.6 Å². The molecule has 0 saturated heterocycles. The molecule has 1 N–H and O–H groups in total. The van der Waals surface area contributed by atoms with Crippen molar-refractivity contribution in [3.63, 3.8) is 0 Å². The highest BCUT2D eigenvalue weighted by molar-refractivity contribution is 9.10. The van der Waals surface area contributed by atoms with Crippen molar-refractivity contribution in [1.82, 2.24) is 4.98 Å². The van der Waals surface area contributed by atoms with Crippen molar-refractivity contribution >= 4 is 15.9 Å². The van der Waals surface area contributed by atoms with Crippen LogP contribution in [-0.4, -0.2) is 10.1 Å². The fourth-order valence-corrected chi connectivity index (χ4v) is 2.06. The van der Waals surface area contributed by atoms with E-state index in [0.717, 1.165) is 10.0 Å². The molecule has 1 aromatic carbocycles. The zero-order valence-electron chi connectivity index (χ0n) is 9.19. The lowest BCUT2D eigenvalue weighted by Crippen LogP contribution is -2.04. The van der Waals surface area contributed by atoms with Crippen LogP contribution in [0.2, 0.25) is 0 Å². The maximum Gasteiger partial charge on any atom is 0.129 e. The number of hydrogen-bond acceptors (Lipinski definition) is 2. The Kier molecular flexibility index (Phi) is 3.54. The second-order valence-corrected chi connectivity index (χ2v) is 4.72. The second kappa shape index (κ2) is 4.94. The molecule has 2 rings (SSSR count). The third kappa shape index (κ3) is 2.53. The summed E-state index contributed by atoms with van der Waals surface area (Å²) in [4.78, 5) is 3.95. The van der Waals surface area contributed by atoms with E-state index in [4.69, 9.17) is 0 Å². The molecule has 0 bridgehead atoms. The van der Waals surface area contributed by atoms with Crippen LogP contribution in [0.25, 0.3) is 0 Å². The summed E-state index contributed by atoms with van der Waals surface area (Å²) >= 11 is 3.27. The Morgan fingerprint density at radius 1 is 1.29 bits per heavy atom. The number of halogens is 2. The molecular formula is C13H11BrFNO. The maximum absolute atomic E-state index is 13.6. The minimum absolute atomic E-state index is 0.258. The minimum atomic E-state index is -0.976. The molecule has 17 heavy (non-hydrogen) atoms. The molecule has 1 atom stereocenters. The van der Waals surface area contributed by atoms with Crippen LogP contribution in [0.5, 0.6) is 0 Å². The summed E-state index contributed by atoms with van der Waals surface area (Å²) in [6.45, 7) is 1.83. The fraction of sp³-hybridized carbons (Fsp3) is 0.154. The average Bonchev–Trinajstić information content (AvgIpc) is 2.32. The molecule has 1 aromatic heterocycles. The Morgan fingerprint density at radius 3 is 2.76 bits per heavy atom. The number of rotatable bonds is 2. The summed E-state index contributed by atoms with van der Waals surface area (Å²) < 4.78 is 14.4. The van der Waals surface area contributed by atoms with Gasteiger partial charge >= 0.3 is 0 Å². The van der Waals surface area contributed by atoms with Gasteiger partial charge in [0.05, 0.1) is 0 Å². The number of pyridine rings is 1. The second-order valence-electron chi connectivity index (χ2n) is 3.80. The Balaban J connectivity index is 2.47. The highest BCUT2D eigenvalue weighted by Crippen LogP contribution is 2.28. The van der Waals surface area contributed by atoms with Gasteiger partial charge < -0.3 is 5.11 Å². The third-order valence-corrected chi connectivity index (χ3v) is 3.10. The number of aliphatic hydroxyl groups excluding tert-OH is 1. The fourth-order valence-electron chi connectivity index (χ4n) is 1.68. The van der Waals surface area contributed by atoms with Crippen molar-refractivity contribution in [2.24, 2.45) is 0 Å². The number of benzene rings is 1. The van der Waals surface area contributed by atoms with Crippen LogP contribution in [0.4, 0.5) is 4.39 Å². The quantitative estimate of drug-likeness (QED) is 0.921. The molecule has 0 aliphatic rings. The van der Waals surface area contributed by atoms with E-state index in [-0.39, 0.29) is 5.56 Å². The first-order valence-electron chi connectivity index (χ1n) is 5.13. The van der Waals surface area contributed by atoms with Gasteiger partial charge in [-0.3, -0.25) is 4.98 Å². The molecule has 0 amide bonds. The van der Waals surface area contributed by atoms with Crippen molar-refractivity contribution < 1.29 is 9.50 Å². The Bertz CT molecular complexity index is 545. The molecule has 88 valence electrons. The molecule has 0 fully saturated rings. The van der Waals surface area contributed by atoms with Gasteiger partial charge in [-0.05, 0) is 42.3 Å². The molecule has 0 saturated carbocycles. The Labute approximate surface area is 107 Å². The molecule has 0 aliphatic heterocycles. The molecule has 0 aliphatic carbocycles. The number of aromatic nitrogens is 1. The molecule has 2 nitrogen and oxygen atoms in total. The first kappa shape index (κ1) is 12.2. The van der Waals surface area contributed by atoms with Crippen molar-refractivity contribution in [2.75, 3.05) is 0 Å². The van der Waals surface area contributed by atoms with E-state index in [1.54, 1.807) is 30.6 Å². The zero-order valence-corrected chi connectivity index (χ0v) is 10.8. The van der Waals surface area contributed by atoms with Crippen molar-refractivity contribution in [3.8, 4) is 0 Å². The van der Waals surface area contributed by atoms with E-state index in [1.807, 2.05) is 6.92 Å². The zero-order chi connectivity index (χ0) is 12.4. The molecule has 2 aromatic rings. The molecule has 1 unspecified atom stereocenters. The lowest BCUT2D eigenvalue weighted by Gasteiger charge is -2.14. The van der Waals surface area contributed by atoms with Gasteiger partial charge in [0.15, 0.2) is 0 Å². The van der Waals surface area contributed by atoms with E-state index >= 15 is 0 Å². The summed E-state index contributed by atoms with van der Waals surface area (Å²) in [6, 6.07) is 6.21. The van der Waals surface area contributed by atoms with Crippen LogP contribution in [-0.2, 0) is 0 Å². The molecule has 0 spiro atoms. The van der Waals surface area contributed by atoms with Crippen LogP contribution in [0.15, 0.2) is 41.1 Å². The van der Waals surface area contributed by atoms with Crippen LogP contribution < -0.4 is 0 Å². The maximum atomic E-state index is 13.6. The highest BCUT2D eigenvalue weighted by Gasteiger charge is 2.16. The predicted octanol–water partition coefficient (Wildman–Crippen LogP) is 3.37. The van der Waals surface area contributed by atoms with Gasteiger partial charge in [0, 0.05) is 22.4 Å². The van der Waals surface area contributed by atoms with E-state index in [2.05, 4.69) is 20.9 Å². The van der Waals surface area contributed by atoms with Crippen LogP contribution >= 0.6 is 15.9 Å². The van der Waals surface area contributed by atoms with E-state index in [0.29, 0.717) is 5.56 Å². The van der Waals surface area contributed by atoms with E-state index in [9.17, 15) is 9.50 Å². The van der Waals surface area contributed by atoms with Gasteiger partial charge in [0.25, 0.3) is 0 Å². The smallest absolute Gasteiger partial charge is 0.129 e. The van der Waals surface area contributed by atoms with Crippen molar-refractivity contribution in [1.29, 1.82) is 0 Å². The number of nitrogens with zero attached hydrogens (tertiary/aromatic N) is 1. The predicted molar refractivity (Wildman–Crippen MR) is 67.1 cm³/mol. The SMILES string of the molecule is Cc1cnccc1C(O)c1cc(Br)ccc1F. The largest absolute Gasteiger partial charge is 0.384 e. The summed E-state index contributed by atoms with van der Waals surface area (Å²) in [5.74, 6) is -0.420. The lowest BCUT2D eigenvalue weighted by molar-refractivity contribution is 0.214. The standard InChI is InChI=1S/C13H11BrFNO/c1-8-7-16-5-4-10(8)13(17)11-6-9(14)2-3-12(11)15/h2-7,13,17H,1H3.